The van der Waals surface area contributed by atoms with Gasteiger partial charge in [-0.15, -0.1) is 90.7 Å². The van der Waals surface area contributed by atoms with Crippen LogP contribution in [0.5, 0.6) is 0 Å². The van der Waals surface area contributed by atoms with E-state index in [0.29, 0.717) is 54.5 Å². The summed E-state index contributed by atoms with van der Waals surface area (Å²) in [4.78, 5) is 36.8. The fraction of sp³-hybridized carbons (Fsp3) is 0.0526. The lowest BCUT2D eigenvalue weighted by atomic mass is 9.68. The molecule has 2 aliphatic heterocycles. The molecule has 0 amide bonds. The molecule has 0 radical (unpaired) electrons. The summed E-state index contributed by atoms with van der Waals surface area (Å²) >= 11 is 15.0. The van der Waals surface area contributed by atoms with Gasteiger partial charge in [-0.25, -0.2) is 0 Å². The van der Waals surface area contributed by atoms with Crippen LogP contribution in [0, 0.1) is 59.2 Å². The van der Waals surface area contributed by atoms with E-state index in [4.69, 9.17) is 17.5 Å². The molecule has 2 aromatic carbocycles. The Morgan fingerprint density at radius 1 is 0.494 bits per heavy atom. The smallest absolute Gasteiger partial charge is 0.204 e. The molecule has 0 fully saturated rings. The Kier molecular flexibility index (Phi) is 10.5. The second-order valence-electron chi connectivity index (χ2n) is 18.3. The Morgan fingerprint density at radius 3 is 1.30 bits per heavy atom. The summed E-state index contributed by atoms with van der Waals surface area (Å²) in [7, 11) is 0. The summed E-state index contributed by atoms with van der Waals surface area (Å²) < 4.78 is 23.8. The number of aryl methyl sites for hydroxylation is 2. The standard InChI is InChI=1S/C57H22N8O2S10/c1-23-3-7-27(8-4-23)57(28-9-5-24(2)6-10-28)41-51-35(17-37(72-51)53-45-43(62-76-64-45)33(70-53)15-31-39(25(19-58)20-59)29-11-13-68-49(29)47(31)66)74-55(41)56-42(57)52-36(75-56)18-38(73-52)54-46-44(63-77-65-46)34(71-54)16-32-40(26(21-60)22-61)30-12-14-69-50(30)48(32)67/h3-18H,1-2H3/b31-15-,32-16-. The first kappa shape index (κ1) is 46.7. The lowest BCUT2D eigenvalue weighted by Crippen LogP contribution is -2.28. The zero-order valence-corrected chi connectivity index (χ0v) is 47.4. The number of rotatable bonds is 6. The van der Waals surface area contributed by atoms with E-state index in [1.165, 1.54) is 75.6 Å². The largest absolute Gasteiger partial charge is 0.288 e. The molecule has 0 spiro atoms. The topological polar surface area (TPSA) is 179 Å². The molecule has 0 N–H and O–H groups in total. The number of fused-ring (bicyclic) bond motifs is 11. The first-order valence-electron chi connectivity index (χ1n) is 23.2. The lowest BCUT2D eigenvalue weighted by molar-refractivity contribution is 0.103. The molecular weight excluding hydrogens is 1150 g/mol. The summed E-state index contributed by atoms with van der Waals surface area (Å²) in [6, 6.07) is 34.2. The highest BCUT2D eigenvalue weighted by atomic mass is 32.1. The SMILES string of the molecule is Cc1ccc(C2(c3ccc(C)cc3)c3c(sc4cc(-c5sc(/C=C6\C(=O)c7sccc7C6=C(C#N)C#N)c6c5N=S=N6)sc34)-c3sc4cc(-c5sc(/C=C6\C(=O)c7sccc7C6=C(C#N)C#N)c6c5N=S=N6)sc4c32)cc1. The van der Waals surface area contributed by atoms with Crippen molar-refractivity contribution in [2.75, 3.05) is 0 Å². The zero-order chi connectivity index (χ0) is 52.2. The third kappa shape index (κ3) is 6.45. The Bertz CT molecular complexity index is 4600. The van der Waals surface area contributed by atoms with Crippen molar-refractivity contribution in [2.24, 2.45) is 17.5 Å². The number of allylic oxidation sites excluding steroid dienone is 6. The van der Waals surface area contributed by atoms with E-state index in [1.807, 2.05) is 57.7 Å². The highest BCUT2D eigenvalue weighted by molar-refractivity contribution is 7.58. The van der Waals surface area contributed by atoms with E-state index in [1.54, 1.807) is 47.0 Å². The minimum atomic E-state index is -0.729. The molecule has 0 atom stereocenters. The van der Waals surface area contributed by atoms with Gasteiger partial charge in [0.15, 0.2) is 0 Å². The van der Waals surface area contributed by atoms with Crippen molar-refractivity contribution in [1.82, 2.24) is 0 Å². The average molecular weight is 1170 g/mol. The number of benzene rings is 2. The maximum atomic E-state index is 13.9. The van der Waals surface area contributed by atoms with E-state index in [-0.39, 0.29) is 22.7 Å². The monoisotopic (exact) mass is 1170 g/mol. The number of nitriles is 4. The number of Topliss-reactive ketones (excluding diaryl/α,β-unsaturated/α-hetero) is 2. The van der Waals surface area contributed by atoms with Gasteiger partial charge in [0.25, 0.3) is 0 Å². The van der Waals surface area contributed by atoms with Crippen LogP contribution in [-0.2, 0) is 28.1 Å². The van der Waals surface area contributed by atoms with Crippen LogP contribution in [-0.4, -0.2) is 11.6 Å². The van der Waals surface area contributed by atoms with Gasteiger partial charge in [-0.3, -0.25) is 9.59 Å². The number of carbonyl (C=O) groups excluding carboxylic acids is 2. The number of nitrogens with zero attached hydrogens (tertiary/aromatic N) is 8. The van der Waals surface area contributed by atoms with Crippen molar-refractivity contribution < 1.29 is 9.59 Å². The van der Waals surface area contributed by atoms with E-state index in [0.717, 1.165) is 95.0 Å². The molecule has 15 rings (SSSR count). The molecule has 8 aromatic heterocycles. The van der Waals surface area contributed by atoms with Crippen molar-refractivity contribution in [3.05, 3.63) is 170 Å². The second-order valence-corrected chi connectivity index (χ2v) is 27.5. The van der Waals surface area contributed by atoms with Gasteiger partial charge in [0, 0.05) is 63.7 Å². The fourth-order valence-corrected chi connectivity index (χ4v) is 22.1. The van der Waals surface area contributed by atoms with Gasteiger partial charge < -0.3 is 0 Å². The number of ketones is 2. The second kappa shape index (κ2) is 17.2. The maximum absolute atomic E-state index is 13.9. The molecule has 0 saturated carbocycles. The van der Waals surface area contributed by atoms with Crippen LogP contribution < -0.4 is 0 Å². The highest BCUT2D eigenvalue weighted by Gasteiger charge is 2.52. The van der Waals surface area contributed by atoms with Crippen LogP contribution in [0.2, 0.25) is 0 Å². The Labute approximate surface area is 476 Å². The lowest BCUT2D eigenvalue weighted by Gasteiger charge is -2.33. The molecule has 10 nitrogen and oxygen atoms in total. The van der Waals surface area contributed by atoms with E-state index in [9.17, 15) is 30.6 Å². The summed E-state index contributed by atoms with van der Waals surface area (Å²) in [5.74, 6) is -0.426. The molecule has 77 heavy (non-hydrogen) atoms. The van der Waals surface area contributed by atoms with Gasteiger partial charge in [0.05, 0.1) is 76.5 Å². The molecule has 3 aliphatic carbocycles. The summed E-state index contributed by atoms with van der Waals surface area (Å²) in [6.07, 6.45) is 3.58. The minimum Gasteiger partial charge on any atom is -0.288 e. The van der Waals surface area contributed by atoms with E-state index in [2.05, 4.69) is 74.5 Å². The number of carbonyl (C=O) groups is 2. The van der Waals surface area contributed by atoms with Crippen LogP contribution >= 0.6 is 90.7 Å². The zero-order valence-electron chi connectivity index (χ0n) is 39.2. The molecule has 10 aromatic rings. The van der Waals surface area contributed by atoms with Crippen molar-refractivity contribution in [1.29, 1.82) is 21.0 Å². The van der Waals surface area contributed by atoms with Gasteiger partial charge in [0.2, 0.25) is 11.6 Å². The van der Waals surface area contributed by atoms with E-state index >= 15 is 0 Å². The van der Waals surface area contributed by atoms with Crippen molar-refractivity contribution in [3.63, 3.8) is 0 Å². The van der Waals surface area contributed by atoms with Gasteiger partial charge in [-0.1, -0.05) is 59.7 Å². The van der Waals surface area contributed by atoms with Gasteiger partial charge >= 0.3 is 0 Å². The first-order chi connectivity index (χ1) is 37.6. The van der Waals surface area contributed by atoms with Crippen LogP contribution in [0.25, 0.3) is 71.4 Å². The van der Waals surface area contributed by atoms with Crippen molar-refractivity contribution >= 4 is 190 Å². The van der Waals surface area contributed by atoms with Crippen LogP contribution in [0.3, 0.4) is 0 Å². The van der Waals surface area contributed by atoms with Gasteiger partial charge in [-0.2, -0.15) is 38.5 Å². The predicted molar refractivity (Wildman–Crippen MR) is 319 cm³/mol. The molecule has 362 valence electrons. The molecule has 5 aliphatic rings. The summed E-state index contributed by atoms with van der Waals surface area (Å²) in [5.41, 5.74) is 11.6. The van der Waals surface area contributed by atoms with E-state index < -0.39 is 5.41 Å². The molecule has 0 unspecified atom stereocenters. The molecule has 0 bridgehead atoms. The summed E-state index contributed by atoms with van der Waals surface area (Å²) in [5, 5.41) is 43.6. The molecule has 20 heteroatoms. The first-order valence-corrected chi connectivity index (χ1v) is 31.3. The highest BCUT2D eigenvalue weighted by Crippen LogP contribution is 2.68. The summed E-state index contributed by atoms with van der Waals surface area (Å²) in [6.45, 7) is 4.23. The molecular formula is C57H22N8O2S10. The molecule has 0 saturated heterocycles. The van der Waals surface area contributed by atoms with Crippen molar-refractivity contribution in [2.45, 2.75) is 19.3 Å². The van der Waals surface area contributed by atoms with Gasteiger partial charge in [0.1, 0.15) is 58.2 Å². The maximum Gasteiger partial charge on any atom is 0.204 e. The van der Waals surface area contributed by atoms with Crippen LogP contribution in [0.1, 0.15) is 73.6 Å². The quantitative estimate of drug-likeness (QED) is 0.118. The van der Waals surface area contributed by atoms with Crippen LogP contribution in [0.4, 0.5) is 22.7 Å². The third-order valence-electron chi connectivity index (χ3n) is 14.2. The van der Waals surface area contributed by atoms with Gasteiger partial charge in [-0.05, 0) is 72.2 Å². The third-order valence-corrected chi connectivity index (χ3v) is 24.7. The minimum absolute atomic E-state index is 0.103. The normalized spacial score (nSPS) is 15.9. The number of thiophene rings is 8. The molecule has 10 heterocycles. The predicted octanol–water partition coefficient (Wildman–Crippen LogP) is 18.4. The fourth-order valence-electron chi connectivity index (χ4n) is 10.9. The Hall–Kier alpha value is -7.54. The Balaban J connectivity index is 0.910. The van der Waals surface area contributed by atoms with Crippen LogP contribution in [0.15, 0.2) is 123 Å². The number of hydrogen-bond acceptors (Lipinski definition) is 18. The Morgan fingerprint density at radius 2 is 0.896 bits per heavy atom. The average Bonchev–Trinajstić information content (AvgIpc) is 4.46. The number of hydrogen-bond donors (Lipinski definition) is 0. The van der Waals surface area contributed by atoms with Crippen molar-refractivity contribution in [3.8, 4) is 53.5 Å².